The largest absolute Gasteiger partial charge is 0.372 e. The van der Waals surface area contributed by atoms with Crippen molar-refractivity contribution in [3.63, 3.8) is 0 Å². The highest BCUT2D eigenvalue weighted by molar-refractivity contribution is 6.00. The molecule has 0 aromatic heterocycles. The van der Waals surface area contributed by atoms with Crippen molar-refractivity contribution in [3.05, 3.63) is 0 Å². The molecule has 1 fully saturated rings. The van der Waals surface area contributed by atoms with Gasteiger partial charge in [0.2, 0.25) is 5.91 Å². The van der Waals surface area contributed by atoms with Crippen LogP contribution in [0.3, 0.4) is 0 Å². The molecule has 14 heavy (non-hydrogen) atoms. The van der Waals surface area contributed by atoms with Crippen molar-refractivity contribution in [2.24, 2.45) is 5.41 Å². The van der Waals surface area contributed by atoms with E-state index in [2.05, 4.69) is 5.32 Å². The zero-order valence-electron chi connectivity index (χ0n) is 8.87. The van der Waals surface area contributed by atoms with Crippen LogP contribution in [0.15, 0.2) is 0 Å². The third-order valence-electron chi connectivity index (χ3n) is 2.51. The van der Waals surface area contributed by atoms with Crippen LogP contribution in [0.25, 0.3) is 0 Å². The Labute approximate surface area is 83.1 Å². The number of aliphatic hydroxyl groups excluding tert-OH is 1. The molecule has 1 saturated heterocycles. The van der Waals surface area contributed by atoms with Gasteiger partial charge < -0.3 is 5.11 Å². The van der Waals surface area contributed by atoms with Crippen LogP contribution in [-0.4, -0.2) is 34.2 Å². The summed E-state index contributed by atoms with van der Waals surface area (Å²) in [6.07, 6.45) is -1.07. The predicted octanol–water partition coefficient (Wildman–Crippen LogP) is 0.291. The average Bonchev–Trinajstić information content (AvgIpc) is 2.00. The lowest BCUT2D eigenvalue weighted by atomic mass is 9.87. The van der Waals surface area contributed by atoms with E-state index in [4.69, 9.17) is 0 Å². The lowest BCUT2D eigenvalue weighted by Gasteiger charge is -2.43. The Morgan fingerprint density at radius 2 is 1.93 bits per heavy atom. The van der Waals surface area contributed by atoms with E-state index in [9.17, 15) is 14.7 Å². The normalized spacial score (nSPS) is 26.7. The van der Waals surface area contributed by atoms with Crippen molar-refractivity contribution >= 4 is 11.9 Å². The van der Waals surface area contributed by atoms with Crippen LogP contribution >= 0.6 is 0 Å². The quantitative estimate of drug-likeness (QED) is 0.639. The summed E-state index contributed by atoms with van der Waals surface area (Å²) in [5.74, 6) is -0.438. The molecule has 1 atom stereocenters. The molecule has 0 aromatic rings. The summed E-state index contributed by atoms with van der Waals surface area (Å²) in [4.78, 5) is 24.0. The highest BCUT2D eigenvalue weighted by atomic mass is 16.3. The van der Waals surface area contributed by atoms with E-state index in [1.54, 1.807) is 27.7 Å². The fourth-order valence-electron chi connectivity index (χ4n) is 1.42. The second-order valence-corrected chi connectivity index (χ2v) is 4.36. The van der Waals surface area contributed by atoms with E-state index in [0.717, 1.165) is 0 Å². The number of imide groups is 1. The van der Waals surface area contributed by atoms with Crippen molar-refractivity contribution in [2.45, 2.75) is 40.0 Å². The first-order valence-electron chi connectivity index (χ1n) is 4.60. The van der Waals surface area contributed by atoms with Crippen molar-refractivity contribution in [1.82, 2.24) is 10.2 Å². The first-order valence-corrected chi connectivity index (χ1v) is 4.60. The fourth-order valence-corrected chi connectivity index (χ4v) is 1.42. The maximum Gasteiger partial charge on any atom is 0.326 e. The van der Waals surface area contributed by atoms with E-state index in [-0.39, 0.29) is 6.04 Å². The Morgan fingerprint density at radius 1 is 1.43 bits per heavy atom. The van der Waals surface area contributed by atoms with Gasteiger partial charge in [-0.3, -0.25) is 15.0 Å². The van der Waals surface area contributed by atoms with E-state index in [0.29, 0.717) is 0 Å². The fraction of sp³-hybridized carbons (Fsp3) is 0.778. The molecule has 0 radical (unpaired) electrons. The first kappa shape index (κ1) is 11.0. The second-order valence-electron chi connectivity index (χ2n) is 4.36. The van der Waals surface area contributed by atoms with Gasteiger partial charge in [0.25, 0.3) is 0 Å². The van der Waals surface area contributed by atoms with E-state index < -0.39 is 23.6 Å². The molecule has 2 N–H and O–H groups in total. The Bertz CT molecular complexity index is 273. The number of rotatable bonds is 1. The van der Waals surface area contributed by atoms with Crippen LogP contribution in [0.2, 0.25) is 0 Å². The number of carbonyl (C=O) groups is 2. The Kier molecular flexibility index (Phi) is 2.54. The number of carbonyl (C=O) groups excluding carboxylic acids is 2. The monoisotopic (exact) mass is 200 g/mol. The lowest BCUT2D eigenvalue weighted by molar-refractivity contribution is -0.149. The zero-order chi connectivity index (χ0) is 11.1. The molecule has 0 saturated carbocycles. The van der Waals surface area contributed by atoms with Crippen LogP contribution in [0, 0.1) is 5.41 Å². The van der Waals surface area contributed by atoms with Crippen LogP contribution in [0.1, 0.15) is 27.7 Å². The number of urea groups is 1. The summed E-state index contributed by atoms with van der Waals surface area (Å²) in [6, 6.07) is -0.672. The van der Waals surface area contributed by atoms with Gasteiger partial charge in [-0.25, -0.2) is 4.79 Å². The lowest BCUT2D eigenvalue weighted by Crippen LogP contribution is -2.65. The highest BCUT2D eigenvalue weighted by Crippen LogP contribution is 2.28. The van der Waals surface area contributed by atoms with Gasteiger partial charge in [0.1, 0.15) is 6.23 Å². The Morgan fingerprint density at radius 3 is 2.36 bits per heavy atom. The molecule has 1 rings (SSSR count). The molecule has 0 aromatic carbocycles. The van der Waals surface area contributed by atoms with Gasteiger partial charge >= 0.3 is 6.03 Å². The van der Waals surface area contributed by atoms with Crippen molar-refractivity contribution < 1.29 is 14.7 Å². The molecule has 1 heterocycles. The minimum atomic E-state index is -1.07. The second kappa shape index (κ2) is 3.24. The third kappa shape index (κ3) is 1.48. The molecule has 0 bridgehead atoms. The van der Waals surface area contributed by atoms with Crippen molar-refractivity contribution in [3.8, 4) is 0 Å². The maximum absolute atomic E-state index is 11.4. The summed E-state index contributed by atoms with van der Waals surface area (Å²) in [6.45, 7) is 6.78. The molecular formula is C9H16N2O3. The molecule has 1 aliphatic heterocycles. The molecule has 5 heteroatoms. The van der Waals surface area contributed by atoms with Gasteiger partial charge in [0, 0.05) is 6.04 Å². The number of nitrogens with zero attached hydrogens (tertiary/aromatic N) is 1. The van der Waals surface area contributed by atoms with E-state index in [1.165, 1.54) is 4.90 Å². The van der Waals surface area contributed by atoms with Crippen molar-refractivity contribution in [1.29, 1.82) is 0 Å². The van der Waals surface area contributed by atoms with E-state index >= 15 is 0 Å². The number of amides is 3. The highest BCUT2D eigenvalue weighted by Gasteiger charge is 2.47. The number of hydrogen-bond acceptors (Lipinski definition) is 3. The number of nitrogens with one attached hydrogen (secondary N) is 1. The van der Waals surface area contributed by atoms with Crippen molar-refractivity contribution in [2.75, 3.05) is 0 Å². The maximum atomic E-state index is 11.4. The van der Waals surface area contributed by atoms with Gasteiger partial charge in [0.05, 0.1) is 5.41 Å². The van der Waals surface area contributed by atoms with Gasteiger partial charge in [0.15, 0.2) is 0 Å². The van der Waals surface area contributed by atoms with Gasteiger partial charge in [-0.2, -0.15) is 0 Å². The Hall–Kier alpha value is -1.10. The summed E-state index contributed by atoms with van der Waals surface area (Å²) in [7, 11) is 0. The summed E-state index contributed by atoms with van der Waals surface area (Å²) in [5.41, 5.74) is -0.960. The smallest absolute Gasteiger partial charge is 0.326 e. The molecular weight excluding hydrogens is 184 g/mol. The average molecular weight is 200 g/mol. The zero-order valence-corrected chi connectivity index (χ0v) is 8.87. The predicted molar refractivity (Wildman–Crippen MR) is 50.3 cm³/mol. The number of aliphatic hydroxyl groups is 1. The summed E-state index contributed by atoms with van der Waals surface area (Å²) < 4.78 is 0. The van der Waals surface area contributed by atoms with E-state index in [1.807, 2.05) is 0 Å². The number of hydrogen-bond donors (Lipinski definition) is 2. The topological polar surface area (TPSA) is 69.6 Å². The third-order valence-corrected chi connectivity index (χ3v) is 2.51. The van der Waals surface area contributed by atoms with Gasteiger partial charge in [-0.05, 0) is 27.7 Å². The van der Waals surface area contributed by atoms with Gasteiger partial charge in [-0.15, -0.1) is 0 Å². The molecule has 1 unspecified atom stereocenters. The molecule has 3 amide bonds. The molecule has 0 spiro atoms. The molecule has 1 aliphatic rings. The van der Waals surface area contributed by atoms with Crippen LogP contribution in [0.4, 0.5) is 4.79 Å². The van der Waals surface area contributed by atoms with Gasteiger partial charge in [-0.1, -0.05) is 0 Å². The molecule has 80 valence electrons. The summed E-state index contributed by atoms with van der Waals surface area (Å²) >= 11 is 0. The standard InChI is InChI=1S/C9H16N2O3/c1-5(2)11-7(13)9(3,4)6(12)10-8(11)14/h5,7,13H,1-4H3,(H,10,12,14). The first-order chi connectivity index (χ1) is 6.28. The SMILES string of the molecule is CC(C)N1C(=O)NC(=O)C(C)(C)C1O. The minimum Gasteiger partial charge on any atom is -0.372 e. The van der Waals surface area contributed by atoms with Crippen LogP contribution < -0.4 is 5.32 Å². The Balaban J connectivity index is 3.01. The van der Waals surface area contributed by atoms with Crippen LogP contribution in [0.5, 0.6) is 0 Å². The molecule has 0 aliphatic carbocycles. The molecule has 5 nitrogen and oxygen atoms in total. The minimum absolute atomic E-state index is 0.141. The van der Waals surface area contributed by atoms with Crippen LogP contribution in [-0.2, 0) is 4.79 Å². The summed E-state index contributed by atoms with van der Waals surface area (Å²) in [5, 5.41) is 12.1.